The van der Waals surface area contributed by atoms with Crippen LogP contribution in [0.5, 0.6) is 5.75 Å². The molecule has 0 spiro atoms. The normalized spacial score (nSPS) is 11.7. The fourth-order valence-electron chi connectivity index (χ4n) is 1.37. The Balaban J connectivity index is 2.42. The molecule has 1 aromatic carbocycles. The van der Waals surface area contributed by atoms with Crippen LogP contribution in [0.3, 0.4) is 0 Å². The summed E-state index contributed by atoms with van der Waals surface area (Å²) in [5.41, 5.74) is 0.872. The molecule has 0 aliphatic carbocycles. The number of carbonyl (C=O) groups excluding carboxylic acids is 1. The van der Waals surface area contributed by atoms with Gasteiger partial charge in [0.25, 0.3) is 0 Å². The molecule has 0 aliphatic rings. The Morgan fingerprint density at radius 3 is 2.79 bits per heavy atom. The summed E-state index contributed by atoms with van der Waals surface area (Å²) in [6, 6.07) is 7.30. The van der Waals surface area contributed by atoms with Gasteiger partial charge in [-0.1, -0.05) is 12.1 Å². The number of nitrogens with one attached hydrogen (secondary N) is 1. The maximum Gasteiger partial charge on any atom is 0.322 e. The Bertz CT molecular complexity index is 446. The molecule has 1 rings (SSSR count). The molecule has 1 amide bonds. The third kappa shape index (κ3) is 5.39. The monoisotopic (exact) mass is 267 g/mol. The minimum absolute atomic E-state index is 0.249. The second kappa shape index (κ2) is 7.38. The maximum atomic E-state index is 11.5. The minimum atomic E-state index is -1.09. The van der Waals surface area contributed by atoms with Crippen molar-refractivity contribution in [2.24, 2.45) is 0 Å². The number of methoxy groups -OCH3 is 1. The smallest absolute Gasteiger partial charge is 0.322 e. The van der Waals surface area contributed by atoms with Gasteiger partial charge in [-0.15, -0.1) is 0 Å². The zero-order valence-electron chi connectivity index (χ0n) is 10.9. The van der Waals surface area contributed by atoms with Gasteiger partial charge in [0.2, 0.25) is 5.91 Å². The van der Waals surface area contributed by atoms with Gasteiger partial charge in [0.05, 0.1) is 13.7 Å². The number of hydrogen-bond acceptors (Lipinski definition) is 4. The van der Waals surface area contributed by atoms with E-state index < -0.39 is 24.5 Å². The number of rotatable bonds is 7. The zero-order chi connectivity index (χ0) is 14.3. The van der Waals surface area contributed by atoms with Gasteiger partial charge >= 0.3 is 5.97 Å². The van der Waals surface area contributed by atoms with E-state index in [-0.39, 0.29) is 6.61 Å². The molecule has 6 nitrogen and oxygen atoms in total. The molecule has 1 aromatic rings. The molecule has 0 fully saturated rings. The highest BCUT2D eigenvalue weighted by molar-refractivity contribution is 5.84. The molecule has 0 heterocycles. The van der Waals surface area contributed by atoms with Gasteiger partial charge in [-0.2, -0.15) is 0 Å². The average molecular weight is 267 g/mol. The van der Waals surface area contributed by atoms with Gasteiger partial charge in [0.1, 0.15) is 18.4 Å². The van der Waals surface area contributed by atoms with Gasteiger partial charge in [0, 0.05) is 0 Å². The van der Waals surface area contributed by atoms with E-state index >= 15 is 0 Å². The number of carboxylic acid groups (broad SMARTS) is 1. The van der Waals surface area contributed by atoms with Crippen molar-refractivity contribution in [3.8, 4) is 5.75 Å². The molecule has 0 radical (unpaired) electrons. The number of carboxylic acids is 1. The van der Waals surface area contributed by atoms with E-state index in [1.54, 1.807) is 14.0 Å². The summed E-state index contributed by atoms with van der Waals surface area (Å²) in [4.78, 5) is 21.8. The van der Waals surface area contributed by atoms with Crippen LogP contribution >= 0.6 is 0 Å². The van der Waals surface area contributed by atoms with Crippen LogP contribution in [0, 0.1) is 0 Å². The van der Waals surface area contributed by atoms with Gasteiger partial charge in [0.15, 0.2) is 0 Å². The number of carbonyl (C=O) groups is 2. The molecule has 6 heteroatoms. The summed E-state index contributed by atoms with van der Waals surface area (Å²) in [5.74, 6) is -0.831. The Kier molecular flexibility index (Phi) is 5.81. The van der Waals surface area contributed by atoms with Crippen LogP contribution in [0.4, 0.5) is 0 Å². The van der Waals surface area contributed by atoms with Crippen molar-refractivity contribution in [3.05, 3.63) is 29.8 Å². The van der Waals surface area contributed by atoms with Crippen molar-refractivity contribution in [3.63, 3.8) is 0 Å². The molecule has 0 bridgehead atoms. The van der Waals surface area contributed by atoms with Crippen molar-refractivity contribution >= 4 is 11.9 Å². The lowest BCUT2D eigenvalue weighted by atomic mass is 10.2. The summed E-state index contributed by atoms with van der Waals surface area (Å²) in [6.45, 7) is 1.40. The Labute approximate surface area is 111 Å². The third-order valence-electron chi connectivity index (χ3n) is 2.42. The van der Waals surface area contributed by atoms with E-state index in [1.807, 2.05) is 24.3 Å². The topological polar surface area (TPSA) is 84.9 Å². The molecule has 1 unspecified atom stereocenters. The third-order valence-corrected chi connectivity index (χ3v) is 2.42. The second-order valence-corrected chi connectivity index (χ2v) is 3.92. The van der Waals surface area contributed by atoms with Gasteiger partial charge in [-0.25, -0.2) is 0 Å². The lowest BCUT2D eigenvalue weighted by Crippen LogP contribution is -2.37. The number of ether oxygens (including phenoxy) is 2. The van der Waals surface area contributed by atoms with Crippen LogP contribution < -0.4 is 10.1 Å². The molecule has 104 valence electrons. The van der Waals surface area contributed by atoms with Crippen LogP contribution in [0.25, 0.3) is 0 Å². The zero-order valence-corrected chi connectivity index (χ0v) is 10.9. The SMILES string of the molecule is COc1cccc(COC(C)C(=O)NCC(=O)O)c1. The van der Waals surface area contributed by atoms with Gasteiger partial charge < -0.3 is 19.9 Å². The first-order chi connectivity index (χ1) is 9.02. The van der Waals surface area contributed by atoms with Crippen molar-refractivity contribution < 1.29 is 24.2 Å². The summed E-state index contributed by atoms with van der Waals surface area (Å²) >= 11 is 0. The molecular weight excluding hydrogens is 250 g/mol. The molecule has 0 aliphatic heterocycles. The molecule has 0 saturated carbocycles. The fourth-order valence-corrected chi connectivity index (χ4v) is 1.37. The van der Waals surface area contributed by atoms with Crippen molar-refractivity contribution in [1.29, 1.82) is 0 Å². The average Bonchev–Trinajstić information content (AvgIpc) is 2.42. The minimum Gasteiger partial charge on any atom is -0.497 e. The largest absolute Gasteiger partial charge is 0.497 e. The summed E-state index contributed by atoms with van der Waals surface area (Å²) in [6.07, 6.45) is -0.717. The highest BCUT2D eigenvalue weighted by Crippen LogP contribution is 2.13. The Morgan fingerprint density at radius 1 is 1.42 bits per heavy atom. The van der Waals surface area contributed by atoms with E-state index in [1.165, 1.54) is 0 Å². The van der Waals surface area contributed by atoms with E-state index in [0.29, 0.717) is 5.75 Å². The van der Waals surface area contributed by atoms with E-state index in [2.05, 4.69) is 5.32 Å². The Morgan fingerprint density at radius 2 is 2.16 bits per heavy atom. The predicted octanol–water partition coefficient (Wildman–Crippen LogP) is 0.801. The number of amides is 1. The van der Waals surface area contributed by atoms with Crippen molar-refractivity contribution in [2.75, 3.05) is 13.7 Å². The van der Waals surface area contributed by atoms with Gasteiger partial charge in [-0.3, -0.25) is 9.59 Å². The standard InChI is InChI=1S/C13H17NO5/c1-9(13(17)14-7-12(15)16)19-8-10-4-3-5-11(6-10)18-2/h3-6,9H,7-8H2,1-2H3,(H,14,17)(H,15,16). The quantitative estimate of drug-likeness (QED) is 0.763. The number of aliphatic carboxylic acids is 1. The fraction of sp³-hybridized carbons (Fsp3) is 0.385. The van der Waals surface area contributed by atoms with E-state index in [0.717, 1.165) is 5.56 Å². The van der Waals surface area contributed by atoms with Crippen LogP contribution in [0.1, 0.15) is 12.5 Å². The van der Waals surface area contributed by atoms with Gasteiger partial charge in [-0.05, 0) is 24.6 Å². The van der Waals surface area contributed by atoms with Crippen LogP contribution in [-0.2, 0) is 20.9 Å². The van der Waals surface area contributed by atoms with E-state index in [4.69, 9.17) is 14.6 Å². The summed E-state index contributed by atoms with van der Waals surface area (Å²) in [7, 11) is 1.57. The lowest BCUT2D eigenvalue weighted by Gasteiger charge is -2.12. The van der Waals surface area contributed by atoms with E-state index in [9.17, 15) is 9.59 Å². The van der Waals surface area contributed by atoms with Crippen LogP contribution in [0.15, 0.2) is 24.3 Å². The molecule has 0 saturated heterocycles. The molecule has 0 aromatic heterocycles. The maximum absolute atomic E-state index is 11.5. The first kappa shape index (κ1) is 15.0. The van der Waals surface area contributed by atoms with Crippen molar-refractivity contribution in [1.82, 2.24) is 5.32 Å². The summed E-state index contributed by atoms with van der Waals surface area (Å²) < 4.78 is 10.4. The van der Waals surface area contributed by atoms with Crippen molar-refractivity contribution in [2.45, 2.75) is 19.6 Å². The lowest BCUT2D eigenvalue weighted by molar-refractivity contribution is -0.140. The van der Waals surface area contributed by atoms with Crippen LogP contribution in [0.2, 0.25) is 0 Å². The highest BCUT2D eigenvalue weighted by Gasteiger charge is 2.14. The first-order valence-electron chi connectivity index (χ1n) is 5.77. The first-order valence-corrected chi connectivity index (χ1v) is 5.77. The molecule has 1 atom stereocenters. The number of hydrogen-bond donors (Lipinski definition) is 2. The Hall–Kier alpha value is -2.08. The number of benzene rings is 1. The molecule has 19 heavy (non-hydrogen) atoms. The van der Waals surface area contributed by atoms with Crippen LogP contribution in [-0.4, -0.2) is 36.7 Å². The second-order valence-electron chi connectivity index (χ2n) is 3.92. The molecular formula is C13H17NO5. The predicted molar refractivity (Wildman–Crippen MR) is 67.9 cm³/mol. The summed E-state index contributed by atoms with van der Waals surface area (Å²) in [5, 5.41) is 10.7. The highest BCUT2D eigenvalue weighted by atomic mass is 16.5. The molecule has 2 N–H and O–H groups in total.